The third kappa shape index (κ3) is 3.19. The van der Waals surface area contributed by atoms with Gasteiger partial charge in [-0.2, -0.15) is 5.10 Å². The van der Waals surface area contributed by atoms with Crippen molar-refractivity contribution < 1.29 is 18.7 Å². The summed E-state index contributed by atoms with van der Waals surface area (Å²) in [5.74, 6) is -0.171. The van der Waals surface area contributed by atoms with Crippen molar-refractivity contribution in [3.05, 3.63) is 41.0 Å². The average Bonchev–Trinajstić information content (AvgIpc) is 2.93. The molecule has 0 spiro atoms. The largest absolute Gasteiger partial charge is 0.493 e. The fraction of sp³-hybridized carbons (Fsp3) is 0.333. The van der Waals surface area contributed by atoms with E-state index in [0.717, 1.165) is 5.69 Å². The molecule has 1 aromatic heterocycles. The van der Waals surface area contributed by atoms with Crippen LogP contribution in [0.4, 0.5) is 4.39 Å². The van der Waals surface area contributed by atoms with Crippen molar-refractivity contribution in [2.45, 2.75) is 19.9 Å². The Morgan fingerprint density at radius 3 is 2.45 bits per heavy atom. The van der Waals surface area contributed by atoms with Crippen LogP contribution < -0.4 is 14.8 Å². The Bertz CT molecular complexity index is 685. The minimum atomic E-state index is -0.552. The molecule has 2 aromatic rings. The van der Waals surface area contributed by atoms with E-state index in [1.165, 1.54) is 26.4 Å². The van der Waals surface area contributed by atoms with Gasteiger partial charge in [0.1, 0.15) is 11.5 Å². The first-order valence-electron chi connectivity index (χ1n) is 6.70. The second kappa shape index (κ2) is 6.46. The van der Waals surface area contributed by atoms with Crippen molar-refractivity contribution >= 4 is 5.91 Å². The van der Waals surface area contributed by atoms with E-state index in [9.17, 15) is 9.18 Å². The van der Waals surface area contributed by atoms with Crippen LogP contribution in [0.15, 0.2) is 18.2 Å². The monoisotopic (exact) mass is 307 g/mol. The molecule has 0 fully saturated rings. The molecule has 1 heterocycles. The van der Waals surface area contributed by atoms with Crippen molar-refractivity contribution in [3.8, 4) is 11.5 Å². The van der Waals surface area contributed by atoms with Crippen LogP contribution in [0.1, 0.15) is 34.7 Å². The number of methoxy groups -OCH3 is 2. The van der Waals surface area contributed by atoms with Gasteiger partial charge in [-0.25, -0.2) is 4.39 Å². The molecule has 0 aliphatic rings. The number of aryl methyl sites for hydroxylation is 1. The minimum Gasteiger partial charge on any atom is -0.493 e. The first kappa shape index (κ1) is 15.8. The number of nitrogens with zero attached hydrogens (tertiary/aromatic N) is 1. The van der Waals surface area contributed by atoms with Gasteiger partial charge in [0.25, 0.3) is 5.91 Å². The van der Waals surface area contributed by atoms with Gasteiger partial charge in [0.05, 0.1) is 20.3 Å². The van der Waals surface area contributed by atoms with Crippen molar-refractivity contribution in [2.75, 3.05) is 14.2 Å². The number of carbonyl (C=O) groups is 1. The van der Waals surface area contributed by atoms with Crippen LogP contribution in [0.2, 0.25) is 0 Å². The average molecular weight is 307 g/mol. The number of carbonyl (C=O) groups excluding carboxylic acids is 1. The highest BCUT2D eigenvalue weighted by Gasteiger charge is 2.19. The molecular weight excluding hydrogens is 289 g/mol. The van der Waals surface area contributed by atoms with Crippen molar-refractivity contribution in [3.63, 3.8) is 0 Å². The smallest absolute Gasteiger partial charge is 0.272 e. The summed E-state index contributed by atoms with van der Waals surface area (Å²) in [5, 5.41) is 9.25. The molecule has 2 N–H and O–H groups in total. The van der Waals surface area contributed by atoms with Gasteiger partial charge in [-0.15, -0.1) is 0 Å². The van der Waals surface area contributed by atoms with Crippen LogP contribution in [0.25, 0.3) is 0 Å². The Hall–Kier alpha value is -2.57. The van der Waals surface area contributed by atoms with Gasteiger partial charge in [-0.3, -0.25) is 9.89 Å². The molecule has 0 saturated heterocycles. The molecule has 1 atom stereocenters. The summed E-state index contributed by atoms with van der Waals surface area (Å²) in [4.78, 5) is 12.1. The molecule has 0 aliphatic carbocycles. The number of amides is 1. The van der Waals surface area contributed by atoms with E-state index < -0.39 is 11.9 Å². The number of ether oxygens (including phenoxy) is 2. The topological polar surface area (TPSA) is 76.2 Å². The Morgan fingerprint density at radius 2 is 1.91 bits per heavy atom. The van der Waals surface area contributed by atoms with Crippen LogP contribution in [0, 0.1) is 12.7 Å². The van der Waals surface area contributed by atoms with Gasteiger partial charge in [0, 0.05) is 17.3 Å². The molecule has 1 amide bonds. The second-order valence-electron chi connectivity index (χ2n) is 4.86. The summed E-state index contributed by atoms with van der Waals surface area (Å²) >= 11 is 0. The van der Waals surface area contributed by atoms with E-state index in [2.05, 4.69) is 15.5 Å². The van der Waals surface area contributed by atoms with Gasteiger partial charge < -0.3 is 14.8 Å². The maximum atomic E-state index is 14.2. The summed E-state index contributed by atoms with van der Waals surface area (Å²) in [6, 6.07) is 3.81. The SMILES string of the molecule is COc1cc(F)c(C(C)NC(=O)c2cc(C)[nH]n2)cc1OC. The Labute approximate surface area is 127 Å². The van der Waals surface area contributed by atoms with Crippen molar-refractivity contribution in [2.24, 2.45) is 0 Å². The van der Waals surface area contributed by atoms with E-state index in [4.69, 9.17) is 9.47 Å². The zero-order valence-electron chi connectivity index (χ0n) is 12.9. The maximum Gasteiger partial charge on any atom is 0.272 e. The molecular formula is C15H18FN3O3. The molecule has 0 aliphatic heterocycles. The van der Waals surface area contributed by atoms with E-state index in [-0.39, 0.29) is 11.6 Å². The summed E-state index contributed by atoms with van der Waals surface area (Å²) in [5.41, 5.74) is 1.33. The zero-order chi connectivity index (χ0) is 16.3. The highest BCUT2D eigenvalue weighted by molar-refractivity contribution is 5.92. The summed E-state index contributed by atoms with van der Waals surface area (Å²) < 4.78 is 24.3. The molecule has 7 heteroatoms. The summed E-state index contributed by atoms with van der Waals surface area (Å²) in [7, 11) is 2.90. The maximum absolute atomic E-state index is 14.2. The molecule has 0 saturated carbocycles. The fourth-order valence-corrected chi connectivity index (χ4v) is 2.08. The van der Waals surface area contributed by atoms with Crippen LogP contribution in [-0.4, -0.2) is 30.3 Å². The standard InChI is InChI=1S/C15H18FN3O3/c1-8-5-12(19-18-8)15(20)17-9(2)10-6-13(21-3)14(22-4)7-11(10)16/h5-7,9H,1-4H3,(H,17,20)(H,18,19). The lowest BCUT2D eigenvalue weighted by atomic mass is 10.1. The predicted molar refractivity (Wildman–Crippen MR) is 78.7 cm³/mol. The van der Waals surface area contributed by atoms with Crippen LogP contribution in [-0.2, 0) is 0 Å². The second-order valence-corrected chi connectivity index (χ2v) is 4.86. The van der Waals surface area contributed by atoms with E-state index >= 15 is 0 Å². The minimum absolute atomic E-state index is 0.255. The number of nitrogens with one attached hydrogen (secondary N) is 2. The van der Waals surface area contributed by atoms with Crippen LogP contribution in [0.3, 0.4) is 0 Å². The van der Waals surface area contributed by atoms with E-state index in [1.807, 2.05) is 0 Å². The van der Waals surface area contributed by atoms with Gasteiger partial charge in [-0.1, -0.05) is 0 Å². The van der Waals surface area contributed by atoms with Crippen molar-refractivity contribution in [1.82, 2.24) is 15.5 Å². The van der Waals surface area contributed by atoms with Gasteiger partial charge >= 0.3 is 0 Å². The number of halogens is 1. The number of aromatic amines is 1. The highest BCUT2D eigenvalue weighted by atomic mass is 19.1. The van der Waals surface area contributed by atoms with Gasteiger partial charge in [-0.05, 0) is 26.0 Å². The lowest BCUT2D eigenvalue weighted by Gasteiger charge is -2.17. The zero-order valence-corrected chi connectivity index (χ0v) is 12.9. The molecule has 1 unspecified atom stereocenters. The fourth-order valence-electron chi connectivity index (χ4n) is 2.08. The first-order chi connectivity index (χ1) is 10.5. The molecule has 118 valence electrons. The first-order valence-corrected chi connectivity index (χ1v) is 6.70. The Kier molecular flexibility index (Phi) is 4.65. The molecule has 0 radical (unpaired) electrons. The van der Waals surface area contributed by atoms with Crippen molar-refractivity contribution in [1.29, 1.82) is 0 Å². The normalized spacial score (nSPS) is 11.9. The van der Waals surface area contributed by atoms with E-state index in [0.29, 0.717) is 17.1 Å². The number of hydrogen-bond acceptors (Lipinski definition) is 4. The third-order valence-corrected chi connectivity index (χ3v) is 3.26. The lowest BCUT2D eigenvalue weighted by molar-refractivity contribution is 0.0934. The third-order valence-electron chi connectivity index (χ3n) is 3.26. The van der Waals surface area contributed by atoms with E-state index in [1.54, 1.807) is 19.9 Å². The number of aromatic nitrogens is 2. The Morgan fingerprint density at radius 1 is 1.27 bits per heavy atom. The summed E-state index contributed by atoms with van der Waals surface area (Å²) in [6.45, 7) is 3.48. The number of rotatable bonds is 5. The molecule has 22 heavy (non-hydrogen) atoms. The van der Waals surface area contributed by atoms with Crippen LogP contribution in [0.5, 0.6) is 11.5 Å². The van der Waals surface area contributed by atoms with Gasteiger partial charge in [0.2, 0.25) is 0 Å². The van der Waals surface area contributed by atoms with Crippen LogP contribution >= 0.6 is 0 Å². The predicted octanol–water partition coefficient (Wildman–Crippen LogP) is 2.37. The number of hydrogen-bond donors (Lipinski definition) is 2. The molecule has 0 bridgehead atoms. The number of benzene rings is 1. The highest BCUT2D eigenvalue weighted by Crippen LogP contribution is 2.32. The van der Waals surface area contributed by atoms with Gasteiger partial charge in [0.15, 0.2) is 11.5 Å². The lowest BCUT2D eigenvalue weighted by Crippen LogP contribution is -2.27. The molecule has 6 nitrogen and oxygen atoms in total. The Balaban J connectivity index is 2.22. The number of H-pyrrole nitrogens is 1. The quantitative estimate of drug-likeness (QED) is 0.889. The molecule has 2 rings (SSSR count). The summed E-state index contributed by atoms with van der Waals surface area (Å²) in [6.07, 6.45) is 0. The molecule has 1 aromatic carbocycles.